The van der Waals surface area contributed by atoms with E-state index < -0.39 is 0 Å². The zero-order chi connectivity index (χ0) is 37.0. The monoisotopic (exact) mass is 717 g/mol. The molecule has 0 bridgehead atoms. The molecule has 0 aliphatic rings. The molecule has 11 rings (SSSR count). The van der Waals surface area contributed by atoms with E-state index in [0.29, 0.717) is 5.82 Å². The van der Waals surface area contributed by atoms with Crippen molar-refractivity contribution in [3.05, 3.63) is 188 Å². The Morgan fingerprint density at radius 2 is 0.911 bits per heavy atom. The Bertz CT molecular complexity index is 3220. The van der Waals surface area contributed by atoms with Crippen LogP contribution in [0.15, 0.2) is 197 Å². The number of hydrogen-bond donors (Lipinski definition) is 0. The second kappa shape index (κ2) is 13.0. The predicted octanol–water partition coefficient (Wildman–Crippen LogP) is 13.7. The predicted molar refractivity (Wildman–Crippen MR) is 227 cm³/mol. The normalized spacial score (nSPS) is 11.6. The molecule has 11 aromatic rings. The van der Waals surface area contributed by atoms with Gasteiger partial charge < -0.3 is 8.83 Å². The highest BCUT2D eigenvalue weighted by Gasteiger charge is 2.19. The van der Waals surface area contributed by atoms with Crippen LogP contribution in [0.2, 0.25) is 0 Å². The van der Waals surface area contributed by atoms with Gasteiger partial charge in [0.05, 0.1) is 17.1 Å². The first kappa shape index (κ1) is 31.9. The Labute approximate surface area is 322 Å². The summed E-state index contributed by atoms with van der Waals surface area (Å²) in [5, 5.41) is 4.39. The molecule has 0 fully saturated rings. The van der Waals surface area contributed by atoms with Crippen molar-refractivity contribution in [2.75, 3.05) is 0 Å². The molecule has 0 saturated heterocycles. The lowest BCUT2D eigenvalue weighted by molar-refractivity contribution is 0.669. The lowest BCUT2D eigenvalue weighted by atomic mass is 9.93. The van der Waals surface area contributed by atoms with Gasteiger partial charge in [-0.3, -0.25) is 4.98 Å². The Morgan fingerprint density at radius 1 is 0.339 bits per heavy atom. The van der Waals surface area contributed by atoms with E-state index in [4.69, 9.17) is 18.8 Å². The fourth-order valence-corrected chi connectivity index (χ4v) is 7.81. The van der Waals surface area contributed by atoms with Gasteiger partial charge in [0, 0.05) is 55.6 Å². The molecule has 262 valence electrons. The van der Waals surface area contributed by atoms with Crippen LogP contribution in [-0.4, -0.2) is 15.0 Å². The minimum absolute atomic E-state index is 0.666. The minimum Gasteiger partial charge on any atom is -0.456 e. The van der Waals surface area contributed by atoms with Gasteiger partial charge in [-0.05, 0) is 65.2 Å². The second-order valence-electron chi connectivity index (χ2n) is 14.0. The summed E-state index contributed by atoms with van der Waals surface area (Å²) < 4.78 is 12.8. The van der Waals surface area contributed by atoms with Crippen LogP contribution in [0.25, 0.3) is 111 Å². The Morgan fingerprint density at radius 3 is 1.66 bits per heavy atom. The quantitative estimate of drug-likeness (QED) is 0.171. The fourth-order valence-electron chi connectivity index (χ4n) is 7.81. The van der Waals surface area contributed by atoms with Crippen molar-refractivity contribution in [3.63, 3.8) is 0 Å². The molecule has 0 aliphatic heterocycles. The Balaban J connectivity index is 1.00. The highest BCUT2D eigenvalue weighted by atomic mass is 16.3. The maximum absolute atomic E-state index is 6.68. The van der Waals surface area contributed by atoms with E-state index in [-0.39, 0.29) is 0 Å². The summed E-state index contributed by atoms with van der Waals surface area (Å²) in [6.07, 6.45) is 1.81. The number of hydrogen-bond acceptors (Lipinski definition) is 5. The zero-order valence-electron chi connectivity index (χ0n) is 30.1. The first-order valence-corrected chi connectivity index (χ1v) is 18.7. The third-order valence-electron chi connectivity index (χ3n) is 10.6. The van der Waals surface area contributed by atoms with Gasteiger partial charge in [-0.25, -0.2) is 9.97 Å². The first-order chi connectivity index (χ1) is 27.7. The Kier molecular flexibility index (Phi) is 7.42. The van der Waals surface area contributed by atoms with E-state index in [0.717, 1.165) is 105 Å². The van der Waals surface area contributed by atoms with Crippen LogP contribution >= 0.6 is 0 Å². The smallest absolute Gasteiger partial charge is 0.160 e. The standard InChI is InChI=1S/C51H31N3O2/c1-2-10-33(11-3-1)44-31-45(54-51(53-44)36-23-21-34(22-24-36)43-14-8-9-29-52-43)35-19-17-32(18-20-35)39-27-26-38(49-41-13-5-7-16-47(41)56-50(39)49)37-25-28-48-42(30-37)40-12-4-6-15-46(40)55-48/h1-31H. The SMILES string of the molecule is c1ccc(-c2cc(-c3ccc(-c4ccc(-c5ccc6oc7ccccc7c6c5)c5c4oc4ccccc45)cc3)nc(-c3ccc(-c4ccccn4)cc3)n2)cc1. The molecule has 0 amide bonds. The highest BCUT2D eigenvalue weighted by Crippen LogP contribution is 2.43. The summed E-state index contributed by atoms with van der Waals surface area (Å²) in [6, 6.07) is 62.5. The molecule has 4 heterocycles. The van der Waals surface area contributed by atoms with E-state index in [1.165, 1.54) is 0 Å². The van der Waals surface area contributed by atoms with Gasteiger partial charge in [-0.1, -0.05) is 133 Å². The molecule has 7 aromatic carbocycles. The van der Waals surface area contributed by atoms with Crippen LogP contribution in [0.5, 0.6) is 0 Å². The van der Waals surface area contributed by atoms with E-state index in [1.54, 1.807) is 0 Å². The van der Waals surface area contributed by atoms with Crippen molar-refractivity contribution < 1.29 is 8.83 Å². The summed E-state index contributed by atoms with van der Waals surface area (Å²) in [5.74, 6) is 0.666. The van der Waals surface area contributed by atoms with Gasteiger partial charge >= 0.3 is 0 Å². The molecule has 5 nitrogen and oxygen atoms in total. The summed E-state index contributed by atoms with van der Waals surface area (Å²) in [4.78, 5) is 14.7. The van der Waals surface area contributed by atoms with Gasteiger partial charge in [0.15, 0.2) is 5.82 Å². The largest absolute Gasteiger partial charge is 0.456 e. The number of rotatable bonds is 6. The summed E-state index contributed by atoms with van der Waals surface area (Å²) in [6.45, 7) is 0. The van der Waals surface area contributed by atoms with Crippen LogP contribution < -0.4 is 0 Å². The average molecular weight is 718 g/mol. The molecule has 0 atom stereocenters. The number of fused-ring (bicyclic) bond motifs is 6. The van der Waals surface area contributed by atoms with Crippen molar-refractivity contribution >= 4 is 43.9 Å². The zero-order valence-corrected chi connectivity index (χ0v) is 30.1. The lowest BCUT2D eigenvalue weighted by Gasteiger charge is -2.11. The van der Waals surface area contributed by atoms with Gasteiger partial charge in [0.1, 0.15) is 22.3 Å². The molecular formula is C51H31N3O2. The van der Waals surface area contributed by atoms with Gasteiger partial charge in [-0.15, -0.1) is 0 Å². The maximum Gasteiger partial charge on any atom is 0.160 e. The van der Waals surface area contributed by atoms with E-state index in [2.05, 4.69) is 126 Å². The topological polar surface area (TPSA) is 65.0 Å². The lowest BCUT2D eigenvalue weighted by Crippen LogP contribution is -1.96. The highest BCUT2D eigenvalue weighted by molar-refractivity contribution is 6.17. The van der Waals surface area contributed by atoms with Crippen LogP contribution in [0, 0.1) is 0 Å². The number of pyridine rings is 1. The maximum atomic E-state index is 6.68. The number of para-hydroxylation sites is 2. The number of furan rings is 2. The molecule has 0 unspecified atom stereocenters. The van der Waals surface area contributed by atoms with Gasteiger partial charge in [0.25, 0.3) is 0 Å². The summed E-state index contributed by atoms with van der Waals surface area (Å²) in [7, 11) is 0. The van der Waals surface area contributed by atoms with Crippen molar-refractivity contribution in [2.24, 2.45) is 0 Å². The van der Waals surface area contributed by atoms with Gasteiger partial charge in [-0.2, -0.15) is 0 Å². The molecule has 0 aliphatic carbocycles. The number of aromatic nitrogens is 3. The van der Waals surface area contributed by atoms with Crippen molar-refractivity contribution in [1.29, 1.82) is 0 Å². The van der Waals surface area contributed by atoms with Crippen molar-refractivity contribution in [1.82, 2.24) is 15.0 Å². The molecule has 0 spiro atoms. The van der Waals surface area contributed by atoms with E-state index >= 15 is 0 Å². The minimum atomic E-state index is 0.666. The third kappa shape index (κ3) is 5.45. The molecule has 0 saturated carbocycles. The van der Waals surface area contributed by atoms with Crippen LogP contribution in [0.4, 0.5) is 0 Å². The van der Waals surface area contributed by atoms with Crippen molar-refractivity contribution in [2.45, 2.75) is 0 Å². The van der Waals surface area contributed by atoms with E-state index in [9.17, 15) is 0 Å². The van der Waals surface area contributed by atoms with Gasteiger partial charge in [0.2, 0.25) is 0 Å². The molecule has 0 radical (unpaired) electrons. The van der Waals surface area contributed by atoms with Crippen LogP contribution in [0.1, 0.15) is 0 Å². The summed E-state index contributed by atoms with van der Waals surface area (Å²) >= 11 is 0. The Hall–Kier alpha value is -7.63. The van der Waals surface area contributed by atoms with Crippen molar-refractivity contribution in [3.8, 4) is 67.4 Å². The molecule has 5 heteroatoms. The average Bonchev–Trinajstić information content (AvgIpc) is 3.85. The van der Waals surface area contributed by atoms with E-state index in [1.807, 2.05) is 66.9 Å². The molecule has 0 N–H and O–H groups in total. The first-order valence-electron chi connectivity index (χ1n) is 18.7. The number of benzene rings is 7. The molecule has 56 heavy (non-hydrogen) atoms. The third-order valence-corrected chi connectivity index (χ3v) is 10.6. The molecular weight excluding hydrogens is 687 g/mol. The van der Waals surface area contributed by atoms with Crippen LogP contribution in [-0.2, 0) is 0 Å². The summed E-state index contributed by atoms with van der Waals surface area (Å²) in [5.41, 5.74) is 14.5. The number of nitrogens with zero attached hydrogens (tertiary/aromatic N) is 3. The molecule has 4 aromatic heterocycles. The van der Waals surface area contributed by atoms with Crippen LogP contribution in [0.3, 0.4) is 0 Å². The second-order valence-corrected chi connectivity index (χ2v) is 14.0. The fraction of sp³-hybridized carbons (Fsp3) is 0.